The van der Waals surface area contributed by atoms with Gasteiger partial charge in [0.2, 0.25) is 11.0 Å². The first-order valence-electron chi connectivity index (χ1n) is 8.67. The molecule has 1 fully saturated rings. The van der Waals surface area contributed by atoms with Gasteiger partial charge in [-0.1, -0.05) is 41.3 Å². The third kappa shape index (κ3) is 5.20. The molecule has 0 saturated carbocycles. The van der Waals surface area contributed by atoms with Crippen molar-refractivity contribution in [2.45, 2.75) is 30.6 Å². The minimum atomic E-state index is -3.01. The molecule has 27 heavy (non-hydrogen) atoms. The molecule has 1 aromatic carbocycles. The molecular formula is C17H22N4O3S3. The second kappa shape index (κ2) is 8.57. The largest absolute Gasteiger partial charge is 0.338 e. The van der Waals surface area contributed by atoms with Crippen LogP contribution in [0.3, 0.4) is 0 Å². The van der Waals surface area contributed by atoms with Gasteiger partial charge in [0.25, 0.3) is 0 Å². The number of sulfone groups is 1. The first-order valence-corrected chi connectivity index (χ1v) is 12.3. The molecule has 0 spiro atoms. The van der Waals surface area contributed by atoms with E-state index in [9.17, 15) is 13.2 Å². The average molecular weight is 427 g/mol. The predicted octanol–water partition coefficient (Wildman–Crippen LogP) is 2.72. The maximum atomic E-state index is 12.5. The molecule has 0 unspecified atom stereocenters. The predicted molar refractivity (Wildman–Crippen MR) is 110 cm³/mol. The highest BCUT2D eigenvalue weighted by Gasteiger charge is 2.33. The summed E-state index contributed by atoms with van der Waals surface area (Å²) in [4.78, 5) is 14.2. The maximum absolute atomic E-state index is 12.5. The number of hydrogen-bond donors (Lipinski definition) is 1. The first kappa shape index (κ1) is 20.1. The van der Waals surface area contributed by atoms with Gasteiger partial charge >= 0.3 is 0 Å². The van der Waals surface area contributed by atoms with Crippen LogP contribution < -0.4 is 5.32 Å². The van der Waals surface area contributed by atoms with E-state index >= 15 is 0 Å². The normalized spacial score (nSPS) is 18.4. The number of benzene rings is 1. The molecule has 1 amide bonds. The summed E-state index contributed by atoms with van der Waals surface area (Å²) < 4.78 is 24.0. The molecule has 2 aromatic rings. The van der Waals surface area contributed by atoms with E-state index in [2.05, 4.69) is 15.5 Å². The van der Waals surface area contributed by atoms with E-state index < -0.39 is 9.84 Å². The van der Waals surface area contributed by atoms with E-state index in [4.69, 9.17) is 0 Å². The minimum Gasteiger partial charge on any atom is -0.338 e. The summed E-state index contributed by atoms with van der Waals surface area (Å²) in [6.07, 6.45) is 0.524. The van der Waals surface area contributed by atoms with Gasteiger partial charge in [0.1, 0.15) is 0 Å². The number of para-hydroxylation sites is 1. The van der Waals surface area contributed by atoms with Crippen molar-refractivity contribution >= 4 is 49.7 Å². The number of nitrogens with zero attached hydrogens (tertiary/aromatic N) is 3. The fourth-order valence-corrected chi connectivity index (χ4v) is 6.39. The van der Waals surface area contributed by atoms with Crippen molar-refractivity contribution in [2.24, 2.45) is 0 Å². The standard InChI is InChI=1S/C17H22N4O3S3/c1-3-21(13-8-9-27(23,24)11-13)15(22)10-25-17-20-19-16(26-17)18-14-7-5-4-6-12(14)2/h4-7,13H,3,8-11H2,1-2H3,(H,18,19)/t13-/m0/s1. The SMILES string of the molecule is CCN(C(=O)CSc1nnc(Nc2ccccc2C)s1)[C@H]1CCS(=O)(=O)C1. The van der Waals surface area contributed by atoms with Crippen molar-refractivity contribution in [3.63, 3.8) is 0 Å². The highest BCUT2D eigenvalue weighted by molar-refractivity contribution is 8.01. The molecule has 0 aliphatic carbocycles. The fourth-order valence-electron chi connectivity index (χ4n) is 3.01. The Balaban J connectivity index is 1.56. The maximum Gasteiger partial charge on any atom is 0.233 e. The van der Waals surface area contributed by atoms with Crippen molar-refractivity contribution in [1.29, 1.82) is 0 Å². The molecule has 1 aliphatic rings. The number of carbonyl (C=O) groups excluding carboxylic acids is 1. The number of nitrogens with one attached hydrogen (secondary N) is 1. The van der Waals surface area contributed by atoms with E-state index in [1.165, 1.54) is 23.1 Å². The lowest BCUT2D eigenvalue weighted by atomic mass is 10.2. The first-order chi connectivity index (χ1) is 12.9. The lowest BCUT2D eigenvalue weighted by molar-refractivity contribution is -0.129. The molecule has 7 nitrogen and oxygen atoms in total. The topological polar surface area (TPSA) is 92.3 Å². The van der Waals surface area contributed by atoms with Gasteiger partial charge in [0.15, 0.2) is 14.2 Å². The number of aryl methyl sites for hydroxylation is 1. The number of carbonyl (C=O) groups is 1. The summed E-state index contributed by atoms with van der Waals surface area (Å²) in [6.45, 7) is 4.40. The summed E-state index contributed by atoms with van der Waals surface area (Å²) >= 11 is 2.72. The van der Waals surface area contributed by atoms with E-state index in [1.807, 2.05) is 38.1 Å². The summed E-state index contributed by atoms with van der Waals surface area (Å²) in [5.74, 6) is 0.399. The molecule has 1 atom stereocenters. The van der Waals surface area contributed by atoms with Crippen molar-refractivity contribution in [3.8, 4) is 0 Å². The third-order valence-corrected chi connectivity index (χ3v) is 8.13. The zero-order valence-electron chi connectivity index (χ0n) is 15.2. The Morgan fingerprint density at radius 2 is 2.15 bits per heavy atom. The molecule has 1 N–H and O–H groups in total. The average Bonchev–Trinajstić information content (AvgIpc) is 3.22. The van der Waals surface area contributed by atoms with Gasteiger partial charge in [-0.25, -0.2) is 8.42 Å². The van der Waals surface area contributed by atoms with Crippen LogP contribution in [0.2, 0.25) is 0 Å². The highest BCUT2D eigenvalue weighted by atomic mass is 32.2. The molecule has 1 saturated heterocycles. The van der Waals surface area contributed by atoms with Crippen LogP contribution in [-0.4, -0.2) is 59.3 Å². The second-order valence-corrected chi connectivity index (χ2v) is 10.8. The number of rotatable bonds is 7. The number of amides is 1. The van der Waals surface area contributed by atoms with Crippen LogP contribution in [0.1, 0.15) is 18.9 Å². The van der Waals surface area contributed by atoms with Crippen molar-refractivity contribution in [3.05, 3.63) is 29.8 Å². The van der Waals surface area contributed by atoms with Crippen LogP contribution in [0.4, 0.5) is 10.8 Å². The van der Waals surface area contributed by atoms with Crippen LogP contribution in [0.25, 0.3) is 0 Å². The highest BCUT2D eigenvalue weighted by Crippen LogP contribution is 2.29. The number of thioether (sulfide) groups is 1. The summed E-state index contributed by atoms with van der Waals surface area (Å²) in [7, 11) is -3.01. The molecule has 146 valence electrons. The molecule has 0 radical (unpaired) electrons. The zero-order valence-corrected chi connectivity index (χ0v) is 17.7. The van der Waals surface area contributed by atoms with Crippen molar-refractivity contribution in [1.82, 2.24) is 15.1 Å². The Bertz CT molecular complexity index is 914. The van der Waals surface area contributed by atoms with Gasteiger partial charge in [-0.3, -0.25) is 4.79 Å². The lowest BCUT2D eigenvalue weighted by Gasteiger charge is -2.26. The summed E-state index contributed by atoms with van der Waals surface area (Å²) in [5, 5.41) is 12.2. The Morgan fingerprint density at radius 3 is 2.81 bits per heavy atom. The third-order valence-electron chi connectivity index (χ3n) is 4.42. The summed E-state index contributed by atoms with van der Waals surface area (Å²) in [5.41, 5.74) is 2.09. The fraction of sp³-hybridized carbons (Fsp3) is 0.471. The monoisotopic (exact) mass is 426 g/mol. The van der Waals surface area contributed by atoms with Gasteiger partial charge in [0, 0.05) is 18.3 Å². The Kier molecular flexibility index (Phi) is 6.38. The van der Waals surface area contributed by atoms with Crippen LogP contribution >= 0.6 is 23.1 Å². The summed E-state index contributed by atoms with van der Waals surface area (Å²) in [6, 6.07) is 7.71. The van der Waals surface area contributed by atoms with Crippen molar-refractivity contribution < 1.29 is 13.2 Å². The zero-order chi connectivity index (χ0) is 19.4. The van der Waals surface area contributed by atoms with Gasteiger partial charge in [-0.15, -0.1) is 10.2 Å². The number of anilines is 2. The Hall–Kier alpha value is -1.65. The Morgan fingerprint density at radius 1 is 1.37 bits per heavy atom. The molecule has 0 bridgehead atoms. The van der Waals surface area contributed by atoms with Gasteiger partial charge in [-0.2, -0.15) is 0 Å². The van der Waals surface area contributed by atoms with E-state index in [0.29, 0.717) is 22.4 Å². The van der Waals surface area contributed by atoms with Crippen LogP contribution in [0.5, 0.6) is 0 Å². The minimum absolute atomic E-state index is 0.0618. The molecular weight excluding hydrogens is 404 g/mol. The smallest absolute Gasteiger partial charge is 0.233 e. The van der Waals surface area contributed by atoms with E-state index in [0.717, 1.165) is 11.3 Å². The van der Waals surface area contributed by atoms with Crippen LogP contribution in [0.15, 0.2) is 28.6 Å². The molecule has 1 aliphatic heterocycles. The van der Waals surface area contributed by atoms with E-state index in [1.54, 1.807) is 4.90 Å². The molecule has 10 heteroatoms. The van der Waals surface area contributed by atoms with Gasteiger partial charge < -0.3 is 10.2 Å². The molecule has 1 aromatic heterocycles. The van der Waals surface area contributed by atoms with Gasteiger partial charge in [0.05, 0.1) is 17.3 Å². The molecule has 2 heterocycles. The lowest BCUT2D eigenvalue weighted by Crippen LogP contribution is -2.41. The van der Waals surface area contributed by atoms with Crippen LogP contribution in [-0.2, 0) is 14.6 Å². The van der Waals surface area contributed by atoms with Gasteiger partial charge in [-0.05, 0) is 31.9 Å². The Labute approximate surface area is 167 Å². The molecule has 3 rings (SSSR count). The van der Waals surface area contributed by atoms with Crippen molar-refractivity contribution in [2.75, 3.05) is 29.1 Å². The van der Waals surface area contributed by atoms with E-state index in [-0.39, 0.29) is 29.2 Å². The second-order valence-electron chi connectivity index (χ2n) is 6.34. The van der Waals surface area contributed by atoms with Crippen LogP contribution in [0, 0.1) is 6.92 Å². The number of hydrogen-bond acceptors (Lipinski definition) is 8. The number of aromatic nitrogens is 2. The quantitative estimate of drug-likeness (QED) is 0.681.